The van der Waals surface area contributed by atoms with Gasteiger partial charge in [-0.1, -0.05) is 29.3 Å². The topological polar surface area (TPSA) is 49.3 Å². The van der Waals surface area contributed by atoms with Crippen LogP contribution < -0.4 is 5.32 Å². The summed E-state index contributed by atoms with van der Waals surface area (Å²) in [5.74, 6) is 0.289. The van der Waals surface area contributed by atoms with E-state index in [-0.39, 0.29) is 12.5 Å². The van der Waals surface area contributed by atoms with Gasteiger partial charge in [-0.3, -0.25) is 4.79 Å². The summed E-state index contributed by atoms with van der Waals surface area (Å²) in [6, 6.07) is 5.56. The van der Waals surface area contributed by atoms with Crippen molar-refractivity contribution >= 4 is 21.8 Å². The Morgan fingerprint density at radius 3 is 2.78 bits per heavy atom. The van der Waals surface area contributed by atoms with Crippen LogP contribution in [0.25, 0.3) is 0 Å². The summed E-state index contributed by atoms with van der Waals surface area (Å²) in [6.07, 6.45) is 1.69. The molecule has 1 rings (SSSR count). The zero-order chi connectivity index (χ0) is 13.5. The van der Waals surface area contributed by atoms with E-state index in [1.807, 2.05) is 19.1 Å². The van der Waals surface area contributed by atoms with E-state index >= 15 is 0 Å². The first kappa shape index (κ1) is 15.2. The Morgan fingerprint density at radius 2 is 2.22 bits per heavy atom. The summed E-state index contributed by atoms with van der Waals surface area (Å²) >= 11 is 3.41. The van der Waals surface area contributed by atoms with E-state index in [1.54, 1.807) is 6.07 Å². The summed E-state index contributed by atoms with van der Waals surface area (Å²) in [5, 5.41) is 11.8. The summed E-state index contributed by atoms with van der Waals surface area (Å²) < 4.78 is 1.01. The molecule has 1 aromatic carbocycles. The van der Waals surface area contributed by atoms with Crippen LogP contribution in [0.2, 0.25) is 0 Å². The van der Waals surface area contributed by atoms with Gasteiger partial charge in [-0.15, -0.1) is 0 Å². The van der Waals surface area contributed by atoms with Crippen molar-refractivity contribution in [2.45, 2.75) is 26.7 Å². The van der Waals surface area contributed by atoms with Crippen molar-refractivity contribution < 1.29 is 9.90 Å². The molecular weight excluding hydrogens is 294 g/mol. The Bertz CT molecular complexity index is 407. The molecule has 3 nitrogen and oxygen atoms in total. The Hall–Kier alpha value is -0.870. The highest BCUT2D eigenvalue weighted by Gasteiger charge is 2.10. The van der Waals surface area contributed by atoms with Crippen LogP contribution in [0, 0.1) is 12.8 Å². The van der Waals surface area contributed by atoms with Crippen molar-refractivity contribution in [1.29, 1.82) is 0 Å². The lowest BCUT2D eigenvalue weighted by atomic mass is 10.0. The van der Waals surface area contributed by atoms with Gasteiger partial charge in [0.1, 0.15) is 0 Å². The molecule has 1 atom stereocenters. The van der Waals surface area contributed by atoms with Gasteiger partial charge >= 0.3 is 0 Å². The second-order valence-corrected chi connectivity index (χ2v) is 5.31. The maximum Gasteiger partial charge on any atom is 0.251 e. The number of amides is 1. The number of hydrogen-bond acceptors (Lipinski definition) is 2. The number of aryl methyl sites for hydroxylation is 1. The van der Waals surface area contributed by atoms with Gasteiger partial charge in [0, 0.05) is 23.2 Å². The van der Waals surface area contributed by atoms with Crippen LogP contribution in [0.4, 0.5) is 0 Å². The summed E-state index contributed by atoms with van der Waals surface area (Å²) in [5.41, 5.74) is 1.72. The standard InChI is InChI=1S/C14H20BrNO2/c1-3-11(6-7-17)9-16-14(18)12-4-5-13(15)10(2)8-12/h4-5,8,11,17H,3,6-7,9H2,1-2H3,(H,16,18). The Kier molecular flexibility index (Phi) is 6.36. The lowest BCUT2D eigenvalue weighted by Crippen LogP contribution is -2.29. The van der Waals surface area contributed by atoms with E-state index in [4.69, 9.17) is 5.11 Å². The predicted octanol–water partition coefficient (Wildman–Crippen LogP) is 2.90. The molecule has 2 N–H and O–H groups in total. The van der Waals surface area contributed by atoms with Gasteiger partial charge in [0.15, 0.2) is 0 Å². The third-order valence-electron chi connectivity index (χ3n) is 3.09. The molecule has 0 radical (unpaired) electrons. The maximum absolute atomic E-state index is 11.9. The molecule has 0 saturated carbocycles. The molecule has 0 saturated heterocycles. The van der Waals surface area contributed by atoms with E-state index in [9.17, 15) is 4.79 Å². The van der Waals surface area contributed by atoms with Crippen LogP contribution in [0.15, 0.2) is 22.7 Å². The van der Waals surface area contributed by atoms with Gasteiger partial charge in [0.25, 0.3) is 5.91 Å². The normalized spacial score (nSPS) is 12.2. The smallest absolute Gasteiger partial charge is 0.251 e. The monoisotopic (exact) mass is 313 g/mol. The van der Waals surface area contributed by atoms with Crippen molar-refractivity contribution in [3.63, 3.8) is 0 Å². The fourth-order valence-electron chi connectivity index (χ4n) is 1.76. The summed E-state index contributed by atoms with van der Waals surface area (Å²) in [7, 11) is 0. The van der Waals surface area contributed by atoms with Crippen molar-refractivity contribution in [2.75, 3.05) is 13.2 Å². The minimum absolute atomic E-state index is 0.0537. The number of nitrogens with one attached hydrogen (secondary N) is 1. The molecule has 0 aliphatic carbocycles. The molecule has 0 aliphatic rings. The molecule has 1 aromatic rings. The minimum atomic E-state index is -0.0537. The molecular formula is C14H20BrNO2. The first-order valence-corrected chi connectivity index (χ1v) is 7.03. The number of hydrogen-bond donors (Lipinski definition) is 2. The van der Waals surface area contributed by atoms with Crippen molar-refractivity contribution in [2.24, 2.45) is 5.92 Å². The number of carbonyl (C=O) groups is 1. The average Bonchev–Trinajstić information content (AvgIpc) is 2.37. The second kappa shape index (κ2) is 7.54. The minimum Gasteiger partial charge on any atom is -0.396 e. The SMILES string of the molecule is CCC(CCO)CNC(=O)c1ccc(Br)c(C)c1. The molecule has 0 heterocycles. The fourth-order valence-corrected chi connectivity index (χ4v) is 2.00. The predicted molar refractivity (Wildman–Crippen MR) is 76.7 cm³/mol. The third-order valence-corrected chi connectivity index (χ3v) is 3.98. The van der Waals surface area contributed by atoms with Gasteiger partial charge in [-0.25, -0.2) is 0 Å². The molecule has 18 heavy (non-hydrogen) atoms. The largest absolute Gasteiger partial charge is 0.396 e. The first-order chi connectivity index (χ1) is 8.58. The van der Waals surface area contributed by atoms with Gasteiger partial charge in [-0.05, 0) is 43.0 Å². The van der Waals surface area contributed by atoms with Crippen LogP contribution in [0.3, 0.4) is 0 Å². The van der Waals surface area contributed by atoms with Crippen LogP contribution in [-0.4, -0.2) is 24.2 Å². The van der Waals surface area contributed by atoms with Gasteiger partial charge < -0.3 is 10.4 Å². The lowest BCUT2D eigenvalue weighted by Gasteiger charge is -2.14. The van der Waals surface area contributed by atoms with Crippen LogP contribution in [0.5, 0.6) is 0 Å². The number of rotatable bonds is 6. The molecule has 0 bridgehead atoms. The molecule has 1 unspecified atom stereocenters. The highest BCUT2D eigenvalue weighted by molar-refractivity contribution is 9.10. The average molecular weight is 314 g/mol. The van der Waals surface area contributed by atoms with Crippen molar-refractivity contribution in [3.8, 4) is 0 Å². The van der Waals surface area contributed by atoms with Crippen molar-refractivity contribution in [3.05, 3.63) is 33.8 Å². The van der Waals surface area contributed by atoms with Gasteiger partial charge in [-0.2, -0.15) is 0 Å². The molecule has 0 aromatic heterocycles. The lowest BCUT2D eigenvalue weighted by molar-refractivity contribution is 0.0943. The number of aliphatic hydroxyl groups is 1. The third kappa shape index (κ3) is 4.42. The van der Waals surface area contributed by atoms with Gasteiger partial charge in [0.2, 0.25) is 0 Å². The molecule has 4 heteroatoms. The Balaban J connectivity index is 2.57. The Morgan fingerprint density at radius 1 is 1.50 bits per heavy atom. The van der Waals surface area contributed by atoms with Gasteiger partial charge in [0.05, 0.1) is 0 Å². The highest BCUT2D eigenvalue weighted by atomic mass is 79.9. The first-order valence-electron chi connectivity index (χ1n) is 6.23. The fraction of sp³-hybridized carbons (Fsp3) is 0.500. The van der Waals surface area contributed by atoms with E-state index in [1.165, 1.54) is 0 Å². The summed E-state index contributed by atoms with van der Waals surface area (Å²) in [6.45, 7) is 4.81. The molecule has 0 fully saturated rings. The molecule has 100 valence electrons. The molecule has 0 aliphatic heterocycles. The van der Waals surface area contributed by atoms with Crippen LogP contribution in [-0.2, 0) is 0 Å². The maximum atomic E-state index is 11.9. The van der Waals surface area contributed by atoms with E-state index in [2.05, 4.69) is 28.2 Å². The van der Waals surface area contributed by atoms with E-state index in [0.717, 1.165) is 22.9 Å². The quantitative estimate of drug-likeness (QED) is 0.848. The van der Waals surface area contributed by atoms with E-state index < -0.39 is 0 Å². The van der Waals surface area contributed by atoms with E-state index in [0.29, 0.717) is 18.0 Å². The Labute approximate surface area is 117 Å². The number of benzene rings is 1. The number of aliphatic hydroxyl groups excluding tert-OH is 1. The molecule has 0 spiro atoms. The zero-order valence-corrected chi connectivity index (χ0v) is 12.5. The van der Waals surface area contributed by atoms with Crippen LogP contribution >= 0.6 is 15.9 Å². The second-order valence-electron chi connectivity index (χ2n) is 4.46. The van der Waals surface area contributed by atoms with Crippen molar-refractivity contribution in [1.82, 2.24) is 5.32 Å². The van der Waals surface area contributed by atoms with Crippen LogP contribution in [0.1, 0.15) is 35.7 Å². The molecule has 1 amide bonds. The zero-order valence-electron chi connectivity index (χ0n) is 10.9. The number of carbonyl (C=O) groups excluding carboxylic acids is 1. The number of halogens is 1. The highest BCUT2D eigenvalue weighted by Crippen LogP contribution is 2.17. The summed E-state index contributed by atoms with van der Waals surface area (Å²) in [4.78, 5) is 11.9.